The molecule has 4 rings (SSSR count). The maximum Gasteiger partial charge on any atom is 0.261 e. The number of aromatic nitrogens is 1. The topological polar surface area (TPSA) is 45.7 Å². The van der Waals surface area contributed by atoms with Gasteiger partial charge in [-0.2, -0.15) is 0 Å². The lowest BCUT2D eigenvalue weighted by Crippen LogP contribution is -2.39. The summed E-state index contributed by atoms with van der Waals surface area (Å²) in [6.45, 7) is 8.98. The third kappa shape index (κ3) is 5.21. The van der Waals surface area contributed by atoms with Crippen LogP contribution in [0.5, 0.6) is 0 Å². The van der Waals surface area contributed by atoms with Crippen molar-refractivity contribution < 1.29 is 9.53 Å². The van der Waals surface area contributed by atoms with Gasteiger partial charge in [-0.25, -0.2) is 4.98 Å². The van der Waals surface area contributed by atoms with Gasteiger partial charge in [-0.1, -0.05) is 40.6 Å². The highest BCUT2D eigenvalue weighted by Crippen LogP contribution is 2.33. The Labute approximate surface area is 196 Å². The van der Waals surface area contributed by atoms with Crippen molar-refractivity contribution in [3.05, 3.63) is 57.1 Å². The van der Waals surface area contributed by atoms with Crippen LogP contribution in [0.15, 0.2) is 30.3 Å². The van der Waals surface area contributed by atoms with Crippen LogP contribution in [0, 0.1) is 13.8 Å². The second-order valence-electron chi connectivity index (χ2n) is 7.81. The lowest BCUT2D eigenvalue weighted by atomic mass is 10.1. The zero-order chi connectivity index (χ0) is 22.0. The second kappa shape index (κ2) is 9.84. The molecule has 0 aliphatic carbocycles. The van der Waals surface area contributed by atoms with Crippen molar-refractivity contribution in [2.75, 3.05) is 44.3 Å². The van der Waals surface area contributed by atoms with E-state index in [4.69, 9.17) is 32.9 Å². The molecule has 2 heterocycles. The van der Waals surface area contributed by atoms with E-state index in [1.165, 1.54) is 5.56 Å². The van der Waals surface area contributed by atoms with E-state index in [0.29, 0.717) is 27.3 Å². The van der Waals surface area contributed by atoms with Gasteiger partial charge in [-0.05, 0) is 55.7 Å². The van der Waals surface area contributed by atoms with Crippen molar-refractivity contribution in [1.29, 1.82) is 0 Å². The fourth-order valence-corrected chi connectivity index (χ4v) is 5.50. The molecule has 5 nitrogen and oxygen atoms in total. The summed E-state index contributed by atoms with van der Waals surface area (Å²) in [6.07, 6.45) is 0.838. The molecule has 0 spiro atoms. The lowest BCUT2D eigenvalue weighted by molar-refractivity contribution is 0.0376. The molecule has 1 aliphatic heterocycles. The Bertz CT molecular complexity index is 1100. The van der Waals surface area contributed by atoms with E-state index in [0.717, 1.165) is 55.0 Å². The number of carbonyl (C=O) groups excluding carboxylic acids is 1. The summed E-state index contributed by atoms with van der Waals surface area (Å²) in [7, 11) is 0. The lowest BCUT2D eigenvalue weighted by Gasteiger charge is -2.27. The van der Waals surface area contributed by atoms with Crippen molar-refractivity contribution in [2.45, 2.75) is 20.3 Å². The van der Waals surface area contributed by atoms with Gasteiger partial charge in [0.2, 0.25) is 0 Å². The van der Waals surface area contributed by atoms with Gasteiger partial charge in [-0.3, -0.25) is 14.6 Å². The molecule has 0 bridgehead atoms. The van der Waals surface area contributed by atoms with Crippen LogP contribution in [0.2, 0.25) is 10.0 Å². The third-order valence-electron chi connectivity index (χ3n) is 5.42. The average Bonchev–Trinajstić information content (AvgIpc) is 3.15. The second-order valence-corrected chi connectivity index (χ2v) is 9.67. The number of fused-ring (bicyclic) bond motifs is 1. The fraction of sp³-hybridized carbons (Fsp3) is 0.391. The van der Waals surface area contributed by atoms with E-state index in [9.17, 15) is 4.79 Å². The molecule has 0 N–H and O–H groups in total. The maximum atomic E-state index is 13.5. The Balaban J connectivity index is 1.63. The third-order valence-corrected chi connectivity index (χ3v) is 6.99. The van der Waals surface area contributed by atoms with E-state index in [1.807, 2.05) is 0 Å². The zero-order valence-corrected chi connectivity index (χ0v) is 20.0. The van der Waals surface area contributed by atoms with Crippen LogP contribution in [0.1, 0.15) is 27.9 Å². The van der Waals surface area contributed by atoms with E-state index < -0.39 is 0 Å². The first-order valence-electron chi connectivity index (χ1n) is 10.4. The number of hydrogen-bond acceptors (Lipinski definition) is 5. The quantitative estimate of drug-likeness (QED) is 0.464. The van der Waals surface area contributed by atoms with Gasteiger partial charge in [0.25, 0.3) is 5.91 Å². The highest BCUT2D eigenvalue weighted by atomic mass is 35.5. The zero-order valence-electron chi connectivity index (χ0n) is 17.7. The Morgan fingerprint density at radius 1 is 1.19 bits per heavy atom. The Hall–Kier alpha value is -1.70. The van der Waals surface area contributed by atoms with Crippen molar-refractivity contribution in [3.63, 3.8) is 0 Å². The van der Waals surface area contributed by atoms with Crippen LogP contribution in [0.3, 0.4) is 0 Å². The molecule has 2 aromatic carbocycles. The highest BCUT2D eigenvalue weighted by Gasteiger charge is 2.24. The van der Waals surface area contributed by atoms with E-state index in [2.05, 4.69) is 30.9 Å². The van der Waals surface area contributed by atoms with Crippen LogP contribution in [-0.2, 0) is 4.74 Å². The summed E-state index contributed by atoms with van der Waals surface area (Å²) >= 11 is 13.9. The monoisotopic (exact) mass is 477 g/mol. The van der Waals surface area contributed by atoms with Crippen molar-refractivity contribution >= 4 is 55.8 Å². The number of benzene rings is 2. The molecule has 1 fully saturated rings. The smallest absolute Gasteiger partial charge is 0.261 e. The van der Waals surface area contributed by atoms with Crippen LogP contribution >= 0.6 is 34.5 Å². The van der Waals surface area contributed by atoms with Gasteiger partial charge >= 0.3 is 0 Å². The number of morpholine rings is 1. The number of thiazole rings is 1. The minimum atomic E-state index is -0.155. The van der Waals surface area contributed by atoms with Gasteiger partial charge in [0.1, 0.15) is 0 Å². The molecular weight excluding hydrogens is 453 g/mol. The number of anilines is 1. The van der Waals surface area contributed by atoms with Gasteiger partial charge in [0.05, 0.1) is 34.0 Å². The number of halogens is 2. The predicted octanol–water partition coefficient (Wildman–Crippen LogP) is 5.59. The number of nitrogens with zero attached hydrogens (tertiary/aromatic N) is 3. The van der Waals surface area contributed by atoms with Gasteiger partial charge in [0.15, 0.2) is 5.13 Å². The van der Waals surface area contributed by atoms with E-state index in [-0.39, 0.29) is 5.91 Å². The summed E-state index contributed by atoms with van der Waals surface area (Å²) in [5, 5.41) is 1.55. The standard InChI is InChI=1S/C23H25Cl2N3O2S/c1-15-12-16(2)21-20(13-15)31-23(26-21)28(7-3-6-27-8-10-30-11-9-27)22(29)18-5-4-17(24)14-19(18)25/h4-5,12-14H,3,6-11H2,1-2H3. The Morgan fingerprint density at radius 2 is 1.97 bits per heavy atom. The minimum absolute atomic E-state index is 0.155. The molecule has 0 saturated carbocycles. The Kier molecular flexibility index (Phi) is 7.14. The van der Waals surface area contributed by atoms with Crippen LogP contribution < -0.4 is 4.90 Å². The summed E-state index contributed by atoms with van der Waals surface area (Å²) in [4.78, 5) is 22.5. The molecule has 1 amide bonds. The van der Waals surface area contributed by atoms with Crippen molar-refractivity contribution in [3.8, 4) is 0 Å². The SMILES string of the molecule is Cc1cc(C)c2nc(N(CCCN3CCOCC3)C(=O)c3ccc(Cl)cc3Cl)sc2c1. The first-order valence-corrected chi connectivity index (χ1v) is 11.9. The summed E-state index contributed by atoms with van der Waals surface area (Å²) in [6, 6.07) is 9.22. The number of carbonyl (C=O) groups is 1. The molecule has 1 aliphatic rings. The molecule has 0 radical (unpaired) electrons. The molecule has 164 valence electrons. The fourth-order valence-electron chi connectivity index (χ4n) is 3.84. The summed E-state index contributed by atoms with van der Waals surface area (Å²) < 4.78 is 6.51. The molecule has 1 aromatic heterocycles. The van der Waals surface area contributed by atoms with E-state index in [1.54, 1.807) is 34.4 Å². The van der Waals surface area contributed by atoms with Crippen molar-refractivity contribution in [1.82, 2.24) is 9.88 Å². The molecule has 1 saturated heterocycles. The normalized spacial score (nSPS) is 14.8. The molecule has 3 aromatic rings. The number of ether oxygens (including phenoxy) is 1. The first kappa shape index (κ1) is 22.5. The number of amides is 1. The minimum Gasteiger partial charge on any atom is -0.379 e. The number of hydrogen-bond donors (Lipinski definition) is 0. The highest BCUT2D eigenvalue weighted by molar-refractivity contribution is 7.22. The van der Waals surface area contributed by atoms with Gasteiger partial charge in [-0.15, -0.1) is 0 Å². The number of rotatable bonds is 6. The number of aryl methyl sites for hydroxylation is 2. The maximum absolute atomic E-state index is 13.5. The predicted molar refractivity (Wildman–Crippen MR) is 129 cm³/mol. The average molecular weight is 478 g/mol. The summed E-state index contributed by atoms with van der Waals surface area (Å²) in [5.41, 5.74) is 3.68. The molecule has 0 unspecified atom stereocenters. The van der Waals surface area contributed by atoms with E-state index >= 15 is 0 Å². The first-order chi connectivity index (χ1) is 14.9. The largest absolute Gasteiger partial charge is 0.379 e. The molecular formula is C23H25Cl2N3O2S. The van der Waals surface area contributed by atoms with Gasteiger partial charge in [0, 0.05) is 31.2 Å². The van der Waals surface area contributed by atoms with Crippen molar-refractivity contribution in [2.24, 2.45) is 0 Å². The van der Waals surface area contributed by atoms with Crippen LogP contribution in [0.4, 0.5) is 5.13 Å². The molecule has 0 atom stereocenters. The Morgan fingerprint density at radius 3 is 2.71 bits per heavy atom. The molecule has 8 heteroatoms. The summed E-state index contributed by atoms with van der Waals surface area (Å²) in [5.74, 6) is -0.155. The van der Waals surface area contributed by atoms with Gasteiger partial charge < -0.3 is 4.74 Å². The molecule has 31 heavy (non-hydrogen) atoms. The van der Waals surface area contributed by atoms with Crippen LogP contribution in [0.25, 0.3) is 10.2 Å². The van der Waals surface area contributed by atoms with Crippen LogP contribution in [-0.4, -0.2) is 55.2 Å².